The zero-order chi connectivity index (χ0) is 41.0. The maximum atomic E-state index is 6.29. The molecule has 290 valence electrons. The third-order valence-corrected chi connectivity index (χ3v) is 12.5. The average Bonchev–Trinajstić information content (AvgIpc) is 3.74. The van der Waals surface area contributed by atoms with Crippen molar-refractivity contribution in [2.75, 3.05) is 4.90 Å². The Morgan fingerprint density at radius 2 is 0.742 bits per heavy atom. The molecule has 0 saturated heterocycles. The summed E-state index contributed by atoms with van der Waals surface area (Å²) in [6, 6.07) is 85.5. The number of fused-ring (bicyclic) bond motifs is 7. The summed E-state index contributed by atoms with van der Waals surface area (Å²) in [7, 11) is 0. The van der Waals surface area contributed by atoms with Crippen LogP contribution in [0.15, 0.2) is 241 Å². The highest BCUT2D eigenvalue weighted by Crippen LogP contribution is 2.47. The zero-order valence-corrected chi connectivity index (χ0v) is 33.9. The Balaban J connectivity index is 1.01. The molecule has 0 aliphatic rings. The normalized spacial score (nSPS) is 11.5. The molecule has 12 aromatic rings. The molecular weight excluding hydrogens is 751 g/mol. The van der Waals surface area contributed by atoms with Crippen LogP contribution in [0.25, 0.3) is 98.8 Å². The second-order valence-electron chi connectivity index (χ2n) is 16.0. The lowest BCUT2D eigenvalue weighted by Gasteiger charge is -2.30. The molecule has 11 aromatic carbocycles. The largest absolute Gasteiger partial charge is 0.456 e. The summed E-state index contributed by atoms with van der Waals surface area (Å²) < 4.78 is 6.29. The lowest BCUT2D eigenvalue weighted by Crippen LogP contribution is -2.12. The predicted molar refractivity (Wildman–Crippen MR) is 263 cm³/mol. The minimum atomic E-state index is 0.896. The van der Waals surface area contributed by atoms with Gasteiger partial charge in [0.25, 0.3) is 0 Å². The highest BCUT2D eigenvalue weighted by atomic mass is 16.3. The molecule has 0 fully saturated rings. The number of anilines is 3. The molecule has 0 radical (unpaired) electrons. The standard InChI is InChI=1S/C60H39NO/c1-3-17-46-40(14-1)16-11-24-52(46)54-20-6-9-27-57(54)61(45-37-34-44(35-38-45)50-23-13-29-59-60(50)55-21-7-10-28-58(55)62-59)56-26-8-5-19-49(56)43-32-30-42(31-33-43)48-22-12-25-51-47-18-4-2-15-41(47)36-39-53(48)51/h1-39H. The van der Waals surface area contributed by atoms with Crippen molar-refractivity contribution in [3.63, 3.8) is 0 Å². The molecule has 2 nitrogen and oxygen atoms in total. The molecule has 0 amide bonds. The Morgan fingerprint density at radius 1 is 0.258 bits per heavy atom. The van der Waals surface area contributed by atoms with Gasteiger partial charge in [-0.25, -0.2) is 0 Å². The number of hydrogen-bond acceptors (Lipinski definition) is 2. The van der Waals surface area contributed by atoms with E-state index < -0.39 is 0 Å². The third kappa shape index (κ3) is 5.96. The van der Waals surface area contributed by atoms with Crippen molar-refractivity contribution in [2.45, 2.75) is 0 Å². The maximum absolute atomic E-state index is 6.29. The van der Waals surface area contributed by atoms with E-state index in [0.717, 1.165) is 66.8 Å². The van der Waals surface area contributed by atoms with Crippen molar-refractivity contribution >= 4 is 71.3 Å². The molecule has 1 heterocycles. The van der Waals surface area contributed by atoms with Gasteiger partial charge < -0.3 is 9.32 Å². The average molecular weight is 790 g/mol. The van der Waals surface area contributed by atoms with Gasteiger partial charge in [-0.2, -0.15) is 0 Å². The number of benzene rings is 11. The van der Waals surface area contributed by atoms with E-state index in [2.05, 4.69) is 229 Å². The van der Waals surface area contributed by atoms with Gasteiger partial charge in [-0.15, -0.1) is 0 Å². The summed E-state index contributed by atoms with van der Waals surface area (Å²) in [5.74, 6) is 0. The molecular formula is C60H39NO. The van der Waals surface area contributed by atoms with Gasteiger partial charge in [-0.05, 0) is 102 Å². The van der Waals surface area contributed by atoms with Crippen LogP contribution in [0, 0.1) is 0 Å². The molecule has 0 bridgehead atoms. The van der Waals surface area contributed by atoms with Gasteiger partial charge in [0.2, 0.25) is 0 Å². The Hall–Kier alpha value is -8.20. The van der Waals surface area contributed by atoms with Crippen LogP contribution in [-0.2, 0) is 0 Å². The van der Waals surface area contributed by atoms with Crippen molar-refractivity contribution in [2.24, 2.45) is 0 Å². The van der Waals surface area contributed by atoms with E-state index >= 15 is 0 Å². The summed E-state index contributed by atoms with van der Waals surface area (Å²) in [5.41, 5.74) is 14.4. The molecule has 12 rings (SSSR count). The molecule has 0 atom stereocenters. The molecule has 0 saturated carbocycles. The monoisotopic (exact) mass is 789 g/mol. The molecule has 0 N–H and O–H groups in total. The summed E-state index contributed by atoms with van der Waals surface area (Å²) in [4.78, 5) is 2.44. The van der Waals surface area contributed by atoms with E-state index in [4.69, 9.17) is 4.42 Å². The van der Waals surface area contributed by atoms with Crippen LogP contribution in [0.3, 0.4) is 0 Å². The van der Waals surface area contributed by atoms with Gasteiger partial charge in [0, 0.05) is 27.6 Å². The third-order valence-electron chi connectivity index (χ3n) is 12.5. The van der Waals surface area contributed by atoms with Crippen molar-refractivity contribution in [3.05, 3.63) is 237 Å². The Bertz CT molecular complexity index is 3630. The van der Waals surface area contributed by atoms with Crippen molar-refractivity contribution < 1.29 is 4.42 Å². The lowest BCUT2D eigenvalue weighted by molar-refractivity contribution is 0.669. The summed E-state index contributed by atoms with van der Waals surface area (Å²) >= 11 is 0. The van der Waals surface area contributed by atoms with Gasteiger partial charge in [0.15, 0.2) is 0 Å². The second-order valence-corrected chi connectivity index (χ2v) is 16.0. The molecule has 1 aromatic heterocycles. The predicted octanol–water partition coefficient (Wildman–Crippen LogP) is 17.2. The van der Waals surface area contributed by atoms with Gasteiger partial charge in [-0.3, -0.25) is 0 Å². The fourth-order valence-electron chi connectivity index (χ4n) is 9.60. The summed E-state index contributed by atoms with van der Waals surface area (Å²) in [6.07, 6.45) is 0. The second kappa shape index (κ2) is 14.8. The molecule has 0 unspecified atom stereocenters. The van der Waals surface area contributed by atoms with Crippen LogP contribution < -0.4 is 4.90 Å². The number of hydrogen-bond donors (Lipinski definition) is 0. The highest BCUT2D eigenvalue weighted by molar-refractivity contribution is 6.13. The van der Waals surface area contributed by atoms with E-state index in [1.807, 2.05) is 12.1 Å². The Kier molecular flexibility index (Phi) is 8.53. The fourth-order valence-corrected chi connectivity index (χ4v) is 9.60. The lowest BCUT2D eigenvalue weighted by atomic mass is 9.93. The first-order valence-electron chi connectivity index (χ1n) is 21.3. The van der Waals surface area contributed by atoms with E-state index in [9.17, 15) is 0 Å². The van der Waals surface area contributed by atoms with Crippen LogP contribution in [0.1, 0.15) is 0 Å². The smallest absolute Gasteiger partial charge is 0.136 e. The fraction of sp³-hybridized carbons (Fsp3) is 0. The molecule has 0 spiro atoms. The van der Waals surface area contributed by atoms with Crippen molar-refractivity contribution in [1.82, 2.24) is 0 Å². The first kappa shape index (κ1) is 35.7. The maximum Gasteiger partial charge on any atom is 0.136 e. The SMILES string of the molecule is c1ccc(N(c2ccc(-c3cccc4oc5ccccc5c34)cc2)c2ccccc2-c2cccc3ccccc23)c(-c2ccc(-c3cccc4c3ccc3ccccc34)cc2)c1. The van der Waals surface area contributed by atoms with Crippen LogP contribution in [0.2, 0.25) is 0 Å². The topological polar surface area (TPSA) is 16.4 Å². The number of rotatable bonds is 7. The molecule has 0 aliphatic carbocycles. The zero-order valence-electron chi connectivity index (χ0n) is 33.9. The minimum Gasteiger partial charge on any atom is -0.456 e. The van der Waals surface area contributed by atoms with E-state index in [-0.39, 0.29) is 0 Å². The molecule has 2 heteroatoms. The quantitative estimate of drug-likeness (QED) is 0.150. The van der Waals surface area contributed by atoms with E-state index in [0.29, 0.717) is 0 Å². The van der Waals surface area contributed by atoms with Crippen molar-refractivity contribution in [1.29, 1.82) is 0 Å². The summed E-state index contributed by atoms with van der Waals surface area (Å²) in [6.45, 7) is 0. The number of nitrogens with zero attached hydrogens (tertiary/aromatic N) is 1. The van der Waals surface area contributed by atoms with Crippen LogP contribution in [0.4, 0.5) is 17.1 Å². The van der Waals surface area contributed by atoms with Gasteiger partial charge >= 0.3 is 0 Å². The highest BCUT2D eigenvalue weighted by Gasteiger charge is 2.22. The van der Waals surface area contributed by atoms with Gasteiger partial charge in [0.05, 0.1) is 11.4 Å². The Labute approximate surface area is 360 Å². The first-order chi connectivity index (χ1) is 30.8. The van der Waals surface area contributed by atoms with Gasteiger partial charge in [-0.1, -0.05) is 200 Å². The molecule has 62 heavy (non-hydrogen) atoms. The number of furan rings is 1. The number of para-hydroxylation sites is 3. The Morgan fingerprint density at radius 3 is 1.55 bits per heavy atom. The first-order valence-corrected chi connectivity index (χ1v) is 21.3. The van der Waals surface area contributed by atoms with Crippen LogP contribution in [-0.4, -0.2) is 0 Å². The summed E-state index contributed by atoms with van der Waals surface area (Å²) in [5, 5.41) is 9.78. The van der Waals surface area contributed by atoms with Crippen LogP contribution >= 0.6 is 0 Å². The van der Waals surface area contributed by atoms with E-state index in [1.165, 1.54) is 49.0 Å². The van der Waals surface area contributed by atoms with Crippen LogP contribution in [0.5, 0.6) is 0 Å². The minimum absolute atomic E-state index is 0.896. The van der Waals surface area contributed by atoms with Gasteiger partial charge in [0.1, 0.15) is 11.2 Å². The molecule has 0 aliphatic heterocycles. The van der Waals surface area contributed by atoms with Crippen molar-refractivity contribution in [3.8, 4) is 44.5 Å². The van der Waals surface area contributed by atoms with E-state index in [1.54, 1.807) is 0 Å².